The maximum Gasteiger partial charge on any atom is 0.365 e. The van der Waals surface area contributed by atoms with Gasteiger partial charge in [0, 0.05) is 0 Å². The minimum Gasteiger partial charge on any atom is -0.467 e. The van der Waals surface area contributed by atoms with Crippen LogP contribution in [0.2, 0.25) is 0 Å². The molecule has 76 valence electrons. The van der Waals surface area contributed by atoms with Crippen molar-refractivity contribution in [3.63, 3.8) is 0 Å². The Kier molecular flexibility index (Phi) is 2.40. The van der Waals surface area contributed by atoms with Crippen LogP contribution in [-0.4, -0.2) is 11.9 Å². The van der Waals surface area contributed by atoms with Gasteiger partial charge in [-0.2, -0.15) is 0 Å². The van der Waals surface area contributed by atoms with Crippen LogP contribution < -0.4 is 5.32 Å². The zero-order chi connectivity index (χ0) is 10.7. The molecule has 6 heteroatoms. The summed E-state index contributed by atoms with van der Waals surface area (Å²) in [4.78, 5) is 15.0. The van der Waals surface area contributed by atoms with E-state index >= 15 is 0 Å². The molecule has 1 aromatic heterocycles. The second kappa shape index (κ2) is 3.87. The fourth-order valence-electron chi connectivity index (χ4n) is 1.04. The first-order valence-electron chi connectivity index (χ1n) is 4.24. The minimum atomic E-state index is -0.541. The number of amidine groups is 1. The first kappa shape index (κ1) is 9.32. The Morgan fingerprint density at radius 1 is 1.53 bits per heavy atom. The Morgan fingerprint density at radius 2 is 2.40 bits per heavy atom. The van der Waals surface area contributed by atoms with E-state index in [-0.39, 0.29) is 0 Å². The summed E-state index contributed by atoms with van der Waals surface area (Å²) in [6.07, 6.45) is 1.56. The Bertz CT molecular complexity index is 445. The van der Waals surface area contributed by atoms with Crippen LogP contribution in [0.3, 0.4) is 0 Å². The lowest BCUT2D eigenvalue weighted by Gasteiger charge is -2.08. The van der Waals surface area contributed by atoms with Gasteiger partial charge in [-0.1, -0.05) is 11.7 Å². The van der Waals surface area contributed by atoms with Crippen LogP contribution >= 0.6 is 0 Å². The van der Waals surface area contributed by atoms with Gasteiger partial charge >= 0.3 is 6.03 Å². The molecule has 0 atom stereocenters. The SMILES string of the molecule is C=C1N=NC(=O)NC1=NCc1ccco1. The lowest BCUT2D eigenvalue weighted by atomic mass is 10.4. The molecule has 6 nitrogen and oxygen atoms in total. The van der Waals surface area contributed by atoms with Crippen molar-refractivity contribution in [2.45, 2.75) is 6.54 Å². The molecule has 1 aliphatic heterocycles. The van der Waals surface area contributed by atoms with Crippen molar-refractivity contribution in [3.05, 3.63) is 36.4 Å². The lowest BCUT2D eigenvalue weighted by Crippen LogP contribution is -2.31. The highest BCUT2D eigenvalue weighted by Gasteiger charge is 2.13. The highest BCUT2D eigenvalue weighted by atomic mass is 16.3. The molecule has 0 fully saturated rings. The predicted molar refractivity (Wildman–Crippen MR) is 52.4 cm³/mol. The summed E-state index contributed by atoms with van der Waals surface area (Å²) in [7, 11) is 0. The molecule has 1 N–H and O–H groups in total. The number of rotatable bonds is 2. The Labute approximate surface area is 85.4 Å². The average Bonchev–Trinajstić information content (AvgIpc) is 2.72. The van der Waals surface area contributed by atoms with E-state index < -0.39 is 6.03 Å². The van der Waals surface area contributed by atoms with Gasteiger partial charge in [0.25, 0.3) is 0 Å². The highest BCUT2D eigenvalue weighted by molar-refractivity contribution is 6.08. The summed E-state index contributed by atoms with van der Waals surface area (Å²) in [5.74, 6) is 1.03. The van der Waals surface area contributed by atoms with Gasteiger partial charge in [0.05, 0.1) is 12.8 Å². The third kappa shape index (κ3) is 2.16. The van der Waals surface area contributed by atoms with Crippen LogP contribution in [0.4, 0.5) is 4.79 Å². The van der Waals surface area contributed by atoms with Crippen molar-refractivity contribution >= 4 is 11.9 Å². The summed E-state index contributed by atoms with van der Waals surface area (Å²) >= 11 is 0. The van der Waals surface area contributed by atoms with Gasteiger partial charge in [0.1, 0.15) is 11.5 Å². The molecule has 0 aromatic carbocycles. The molecular formula is C9H8N4O2. The Balaban J connectivity index is 2.10. The fourth-order valence-corrected chi connectivity index (χ4v) is 1.04. The molecule has 2 heterocycles. The number of carbonyl (C=O) groups excluding carboxylic acids is 1. The van der Waals surface area contributed by atoms with Gasteiger partial charge in [0.15, 0.2) is 5.84 Å². The van der Waals surface area contributed by atoms with E-state index in [0.717, 1.165) is 0 Å². The zero-order valence-electron chi connectivity index (χ0n) is 7.80. The summed E-state index contributed by atoms with van der Waals surface area (Å²) in [5.41, 5.74) is 0.334. The zero-order valence-corrected chi connectivity index (χ0v) is 7.80. The molecule has 2 amide bonds. The number of furan rings is 1. The molecule has 0 bridgehead atoms. The van der Waals surface area contributed by atoms with Crippen molar-refractivity contribution in [1.29, 1.82) is 0 Å². The molecule has 1 aromatic rings. The largest absolute Gasteiger partial charge is 0.467 e. The van der Waals surface area contributed by atoms with E-state index in [1.165, 1.54) is 0 Å². The van der Waals surface area contributed by atoms with Gasteiger partial charge in [-0.25, -0.2) is 4.79 Å². The molecule has 2 rings (SSSR count). The first-order valence-corrected chi connectivity index (χ1v) is 4.24. The Hall–Kier alpha value is -2.24. The third-order valence-corrected chi connectivity index (χ3v) is 1.73. The number of urea groups is 1. The van der Waals surface area contributed by atoms with Gasteiger partial charge in [-0.05, 0) is 12.1 Å². The number of hydrogen-bond donors (Lipinski definition) is 1. The number of hydrogen-bond acceptors (Lipinski definition) is 4. The van der Waals surface area contributed by atoms with Crippen LogP contribution in [0.25, 0.3) is 0 Å². The third-order valence-electron chi connectivity index (χ3n) is 1.73. The van der Waals surface area contributed by atoms with E-state index in [1.54, 1.807) is 18.4 Å². The lowest BCUT2D eigenvalue weighted by molar-refractivity contribution is 0.251. The maximum atomic E-state index is 10.9. The van der Waals surface area contributed by atoms with Gasteiger partial charge < -0.3 is 4.42 Å². The molecule has 0 saturated heterocycles. The van der Waals surface area contributed by atoms with E-state index in [0.29, 0.717) is 23.8 Å². The predicted octanol–water partition coefficient (Wildman–Crippen LogP) is 1.87. The molecular weight excluding hydrogens is 196 g/mol. The second-order valence-corrected chi connectivity index (χ2v) is 2.82. The molecule has 0 saturated carbocycles. The van der Waals surface area contributed by atoms with Crippen LogP contribution in [0.15, 0.2) is 50.3 Å². The standard InChI is InChI=1S/C9H8N4O2/c1-6-8(11-9(14)13-12-6)10-5-7-3-2-4-15-7/h2-4H,1,5H2,(H,10,11,14). The van der Waals surface area contributed by atoms with Crippen LogP contribution in [0, 0.1) is 0 Å². The van der Waals surface area contributed by atoms with Crippen molar-refractivity contribution in [2.24, 2.45) is 15.2 Å². The summed E-state index contributed by atoms with van der Waals surface area (Å²) in [6, 6.07) is 3.02. The molecule has 0 spiro atoms. The van der Waals surface area contributed by atoms with Crippen molar-refractivity contribution < 1.29 is 9.21 Å². The van der Waals surface area contributed by atoms with Crippen molar-refractivity contribution in [3.8, 4) is 0 Å². The Morgan fingerprint density at radius 3 is 3.13 bits per heavy atom. The summed E-state index contributed by atoms with van der Waals surface area (Å²) in [6.45, 7) is 3.92. The van der Waals surface area contributed by atoms with E-state index in [2.05, 4.69) is 27.1 Å². The number of amides is 2. The van der Waals surface area contributed by atoms with Gasteiger partial charge in [0.2, 0.25) is 0 Å². The quantitative estimate of drug-likeness (QED) is 0.797. The van der Waals surface area contributed by atoms with Gasteiger partial charge in [-0.15, -0.1) is 5.11 Å². The van der Waals surface area contributed by atoms with E-state index in [1.807, 2.05) is 0 Å². The fraction of sp³-hybridized carbons (Fsp3) is 0.111. The molecule has 0 radical (unpaired) electrons. The summed E-state index contributed by atoms with van der Waals surface area (Å²) < 4.78 is 5.08. The van der Waals surface area contributed by atoms with Crippen LogP contribution in [0.5, 0.6) is 0 Å². The number of aliphatic imine (C=N–C) groups is 1. The minimum absolute atomic E-state index is 0.325. The van der Waals surface area contributed by atoms with E-state index in [4.69, 9.17) is 4.42 Å². The van der Waals surface area contributed by atoms with Crippen LogP contribution in [0.1, 0.15) is 5.76 Å². The topological polar surface area (TPSA) is 79.3 Å². The number of carbonyl (C=O) groups is 1. The summed E-state index contributed by atoms with van der Waals surface area (Å²) in [5, 5.41) is 9.26. The van der Waals surface area contributed by atoms with Crippen molar-refractivity contribution in [1.82, 2.24) is 5.32 Å². The molecule has 0 unspecified atom stereocenters. The smallest absolute Gasteiger partial charge is 0.365 e. The molecule has 1 aliphatic rings. The first-order chi connectivity index (χ1) is 7.25. The van der Waals surface area contributed by atoms with Crippen molar-refractivity contribution in [2.75, 3.05) is 0 Å². The number of azo groups is 1. The second-order valence-electron chi connectivity index (χ2n) is 2.82. The van der Waals surface area contributed by atoms with E-state index in [9.17, 15) is 4.79 Å². The van der Waals surface area contributed by atoms with Crippen LogP contribution in [-0.2, 0) is 6.54 Å². The monoisotopic (exact) mass is 204 g/mol. The molecule has 0 aliphatic carbocycles. The maximum absolute atomic E-state index is 10.9. The number of nitrogens with zero attached hydrogens (tertiary/aromatic N) is 3. The van der Waals surface area contributed by atoms with Gasteiger partial charge in [-0.3, -0.25) is 10.3 Å². The molecule has 15 heavy (non-hydrogen) atoms. The average molecular weight is 204 g/mol. The highest BCUT2D eigenvalue weighted by Crippen LogP contribution is 2.06. The normalized spacial score (nSPS) is 18.3. The number of nitrogens with one attached hydrogen (secondary N) is 1.